The van der Waals surface area contributed by atoms with Gasteiger partial charge in [-0.15, -0.1) is 0 Å². The Morgan fingerprint density at radius 2 is 1.87 bits per heavy atom. The molecule has 3 atom stereocenters. The van der Waals surface area contributed by atoms with E-state index in [1.165, 1.54) is 51.9 Å². The summed E-state index contributed by atoms with van der Waals surface area (Å²) in [4.78, 5) is 2.68. The van der Waals surface area contributed by atoms with Crippen molar-refractivity contribution < 1.29 is 0 Å². The molecule has 0 amide bonds. The van der Waals surface area contributed by atoms with Gasteiger partial charge in [-0.05, 0) is 37.6 Å². The molecule has 0 saturated carbocycles. The zero-order valence-electron chi connectivity index (χ0n) is 10.3. The third-order valence-electron chi connectivity index (χ3n) is 3.84. The monoisotopic (exact) mass is 210 g/mol. The SMILES string of the molecule is CC1CC(C)CN(CC2CCCCN2)C1. The van der Waals surface area contributed by atoms with Crippen LogP contribution in [0.3, 0.4) is 0 Å². The minimum atomic E-state index is 0.774. The topological polar surface area (TPSA) is 15.3 Å². The first-order valence-electron chi connectivity index (χ1n) is 6.70. The zero-order valence-corrected chi connectivity index (χ0v) is 10.3. The summed E-state index contributed by atoms with van der Waals surface area (Å²) < 4.78 is 0. The molecule has 2 heterocycles. The van der Waals surface area contributed by atoms with Crippen molar-refractivity contribution in [2.24, 2.45) is 11.8 Å². The molecule has 0 aromatic rings. The van der Waals surface area contributed by atoms with Gasteiger partial charge >= 0.3 is 0 Å². The standard InChI is InChI=1S/C13H26N2/c1-11-7-12(2)9-15(8-11)10-13-5-3-4-6-14-13/h11-14H,3-10H2,1-2H3. The lowest BCUT2D eigenvalue weighted by Crippen LogP contribution is -2.48. The summed E-state index contributed by atoms with van der Waals surface area (Å²) in [5, 5.41) is 3.65. The second-order valence-corrected chi connectivity index (χ2v) is 5.81. The Bertz CT molecular complexity index is 177. The van der Waals surface area contributed by atoms with Gasteiger partial charge in [-0.3, -0.25) is 0 Å². The van der Waals surface area contributed by atoms with E-state index in [4.69, 9.17) is 0 Å². The molecule has 0 spiro atoms. The number of hydrogen-bond acceptors (Lipinski definition) is 2. The number of nitrogens with zero attached hydrogens (tertiary/aromatic N) is 1. The normalized spacial score (nSPS) is 39.2. The van der Waals surface area contributed by atoms with Crippen LogP contribution in [0, 0.1) is 11.8 Å². The van der Waals surface area contributed by atoms with Gasteiger partial charge in [-0.1, -0.05) is 20.3 Å². The highest BCUT2D eigenvalue weighted by Gasteiger charge is 2.24. The number of piperidine rings is 2. The number of hydrogen-bond donors (Lipinski definition) is 1. The zero-order chi connectivity index (χ0) is 10.7. The van der Waals surface area contributed by atoms with Gasteiger partial charge < -0.3 is 10.2 Å². The van der Waals surface area contributed by atoms with Gasteiger partial charge in [0.1, 0.15) is 0 Å². The van der Waals surface area contributed by atoms with E-state index in [1.54, 1.807) is 0 Å². The van der Waals surface area contributed by atoms with Gasteiger partial charge in [-0.25, -0.2) is 0 Å². The van der Waals surface area contributed by atoms with Crippen molar-refractivity contribution in [2.75, 3.05) is 26.2 Å². The molecule has 0 radical (unpaired) electrons. The molecular weight excluding hydrogens is 184 g/mol. The Labute approximate surface area is 94.4 Å². The van der Waals surface area contributed by atoms with Gasteiger partial charge in [0.15, 0.2) is 0 Å². The summed E-state index contributed by atoms with van der Waals surface area (Å²) in [7, 11) is 0. The van der Waals surface area contributed by atoms with Crippen LogP contribution in [0.4, 0.5) is 0 Å². The maximum atomic E-state index is 3.65. The molecule has 2 aliphatic rings. The van der Waals surface area contributed by atoms with Crippen LogP contribution in [0.15, 0.2) is 0 Å². The van der Waals surface area contributed by atoms with Crippen LogP contribution in [-0.4, -0.2) is 37.1 Å². The Morgan fingerprint density at radius 3 is 2.47 bits per heavy atom. The first-order chi connectivity index (χ1) is 7.24. The summed E-state index contributed by atoms with van der Waals surface area (Å²) >= 11 is 0. The van der Waals surface area contributed by atoms with E-state index in [1.807, 2.05) is 0 Å². The van der Waals surface area contributed by atoms with E-state index in [-0.39, 0.29) is 0 Å². The molecule has 15 heavy (non-hydrogen) atoms. The lowest BCUT2D eigenvalue weighted by Gasteiger charge is -2.38. The van der Waals surface area contributed by atoms with Gasteiger partial charge in [0.25, 0.3) is 0 Å². The molecule has 2 heteroatoms. The van der Waals surface area contributed by atoms with Crippen molar-refractivity contribution >= 4 is 0 Å². The van der Waals surface area contributed by atoms with Crippen LogP contribution in [0.25, 0.3) is 0 Å². The molecule has 3 unspecified atom stereocenters. The second kappa shape index (κ2) is 5.31. The van der Waals surface area contributed by atoms with Gasteiger partial charge in [0.05, 0.1) is 0 Å². The average molecular weight is 210 g/mol. The van der Waals surface area contributed by atoms with Gasteiger partial charge in [0.2, 0.25) is 0 Å². The first kappa shape index (κ1) is 11.4. The van der Waals surface area contributed by atoms with Crippen molar-refractivity contribution in [1.29, 1.82) is 0 Å². The third-order valence-corrected chi connectivity index (χ3v) is 3.84. The van der Waals surface area contributed by atoms with E-state index in [2.05, 4.69) is 24.1 Å². The molecule has 2 nitrogen and oxygen atoms in total. The molecule has 0 aromatic carbocycles. The van der Waals surface area contributed by atoms with Gasteiger partial charge in [-0.2, -0.15) is 0 Å². The minimum absolute atomic E-state index is 0.774. The molecule has 2 rings (SSSR count). The van der Waals surface area contributed by atoms with E-state index in [0.717, 1.165) is 17.9 Å². The van der Waals surface area contributed by atoms with Crippen LogP contribution in [0.2, 0.25) is 0 Å². The number of rotatable bonds is 2. The third kappa shape index (κ3) is 3.46. The Morgan fingerprint density at radius 1 is 1.13 bits per heavy atom. The molecular formula is C13H26N2. The molecule has 0 aromatic heterocycles. The number of likely N-dealkylation sites (tertiary alicyclic amines) is 1. The van der Waals surface area contributed by atoms with Crippen molar-refractivity contribution in [2.45, 2.75) is 45.6 Å². The molecule has 88 valence electrons. The van der Waals surface area contributed by atoms with Crippen molar-refractivity contribution in [3.05, 3.63) is 0 Å². The highest BCUT2D eigenvalue weighted by molar-refractivity contribution is 4.81. The van der Waals surface area contributed by atoms with Crippen LogP contribution >= 0.6 is 0 Å². The van der Waals surface area contributed by atoms with Gasteiger partial charge in [0, 0.05) is 25.7 Å². The predicted molar refractivity (Wildman–Crippen MR) is 65.0 cm³/mol. The maximum absolute atomic E-state index is 3.65. The lowest BCUT2D eigenvalue weighted by atomic mass is 9.91. The van der Waals surface area contributed by atoms with Crippen molar-refractivity contribution in [3.8, 4) is 0 Å². The van der Waals surface area contributed by atoms with E-state index in [0.29, 0.717) is 0 Å². The molecule has 0 bridgehead atoms. The van der Waals surface area contributed by atoms with Crippen LogP contribution in [-0.2, 0) is 0 Å². The van der Waals surface area contributed by atoms with Crippen LogP contribution in [0.5, 0.6) is 0 Å². The van der Waals surface area contributed by atoms with E-state index < -0.39 is 0 Å². The highest BCUT2D eigenvalue weighted by Crippen LogP contribution is 2.21. The lowest BCUT2D eigenvalue weighted by molar-refractivity contribution is 0.123. The first-order valence-corrected chi connectivity index (χ1v) is 6.70. The van der Waals surface area contributed by atoms with Crippen molar-refractivity contribution in [3.63, 3.8) is 0 Å². The summed E-state index contributed by atoms with van der Waals surface area (Å²) in [5.74, 6) is 1.80. The Kier molecular flexibility index (Phi) is 4.04. The largest absolute Gasteiger partial charge is 0.313 e. The van der Waals surface area contributed by atoms with Crippen LogP contribution < -0.4 is 5.32 Å². The molecule has 0 aliphatic carbocycles. The highest BCUT2D eigenvalue weighted by atomic mass is 15.2. The number of nitrogens with one attached hydrogen (secondary N) is 1. The summed E-state index contributed by atoms with van der Waals surface area (Å²) in [6.07, 6.45) is 5.62. The molecule has 2 saturated heterocycles. The summed E-state index contributed by atoms with van der Waals surface area (Å²) in [5.41, 5.74) is 0. The fraction of sp³-hybridized carbons (Fsp3) is 1.00. The Hall–Kier alpha value is -0.0800. The predicted octanol–water partition coefficient (Wildman–Crippen LogP) is 2.11. The fourth-order valence-electron chi connectivity index (χ4n) is 3.33. The smallest absolute Gasteiger partial charge is 0.0195 e. The second-order valence-electron chi connectivity index (χ2n) is 5.81. The van der Waals surface area contributed by atoms with Crippen molar-refractivity contribution in [1.82, 2.24) is 10.2 Å². The summed E-state index contributed by atoms with van der Waals surface area (Å²) in [6.45, 7) is 9.97. The minimum Gasteiger partial charge on any atom is -0.313 e. The molecule has 2 aliphatic heterocycles. The van der Waals surface area contributed by atoms with E-state index >= 15 is 0 Å². The molecule has 1 N–H and O–H groups in total. The fourth-order valence-corrected chi connectivity index (χ4v) is 3.33. The van der Waals surface area contributed by atoms with E-state index in [9.17, 15) is 0 Å². The molecule has 2 fully saturated rings. The maximum Gasteiger partial charge on any atom is 0.0195 e. The van der Waals surface area contributed by atoms with Crippen LogP contribution in [0.1, 0.15) is 39.5 Å². The average Bonchev–Trinajstić information content (AvgIpc) is 2.17. The Balaban J connectivity index is 1.77. The quantitative estimate of drug-likeness (QED) is 0.751. The summed E-state index contributed by atoms with van der Waals surface area (Å²) in [6, 6.07) is 0.774.